The molecule has 2 atom stereocenters. The summed E-state index contributed by atoms with van der Waals surface area (Å²) in [7, 11) is 0. The maximum absolute atomic E-state index is 12.6. The number of aliphatic carboxylic acids is 1. The quantitative estimate of drug-likeness (QED) is 0.820. The number of rotatable bonds is 3. The third kappa shape index (κ3) is 3.22. The van der Waals surface area contributed by atoms with Crippen LogP contribution in [0.2, 0.25) is 5.02 Å². The average molecular weight is 353 g/mol. The maximum Gasteiger partial charge on any atom is 0.334 e. The molecule has 0 aliphatic carbocycles. The second kappa shape index (κ2) is 6.78. The molecule has 128 valence electrons. The molecule has 2 amide bonds. The van der Waals surface area contributed by atoms with Gasteiger partial charge in [-0.15, -0.1) is 0 Å². The SMILES string of the molecule is O=C(O)[C@H]1CN(C(=O)[C@H]2CCN(c3ccc(Cl)cc3)C2=O)CCO1. The van der Waals surface area contributed by atoms with Gasteiger partial charge in [-0.1, -0.05) is 11.6 Å². The van der Waals surface area contributed by atoms with Crippen LogP contribution in [0, 0.1) is 5.92 Å². The molecule has 2 fully saturated rings. The molecule has 24 heavy (non-hydrogen) atoms. The zero-order valence-electron chi connectivity index (χ0n) is 12.9. The van der Waals surface area contributed by atoms with Crippen molar-refractivity contribution in [2.24, 2.45) is 5.92 Å². The molecule has 3 rings (SSSR count). The molecular weight excluding hydrogens is 336 g/mol. The minimum Gasteiger partial charge on any atom is -0.479 e. The van der Waals surface area contributed by atoms with Gasteiger partial charge in [0.25, 0.3) is 0 Å². The number of hydrogen-bond donors (Lipinski definition) is 1. The first-order chi connectivity index (χ1) is 11.5. The number of nitrogens with zero attached hydrogens (tertiary/aromatic N) is 2. The van der Waals surface area contributed by atoms with E-state index in [-0.39, 0.29) is 25.0 Å². The van der Waals surface area contributed by atoms with Crippen molar-refractivity contribution in [3.05, 3.63) is 29.3 Å². The van der Waals surface area contributed by atoms with Gasteiger partial charge in [-0.25, -0.2) is 4.79 Å². The van der Waals surface area contributed by atoms with Gasteiger partial charge in [0.1, 0.15) is 5.92 Å². The van der Waals surface area contributed by atoms with Gasteiger partial charge in [0.2, 0.25) is 11.8 Å². The van der Waals surface area contributed by atoms with Crippen LogP contribution in [0.1, 0.15) is 6.42 Å². The van der Waals surface area contributed by atoms with Crippen LogP contribution in [-0.2, 0) is 19.1 Å². The van der Waals surface area contributed by atoms with Crippen LogP contribution >= 0.6 is 11.6 Å². The van der Waals surface area contributed by atoms with E-state index in [1.807, 2.05) is 0 Å². The highest BCUT2D eigenvalue weighted by molar-refractivity contribution is 6.30. The summed E-state index contributed by atoms with van der Waals surface area (Å²) in [4.78, 5) is 39.2. The van der Waals surface area contributed by atoms with E-state index >= 15 is 0 Å². The number of carbonyl (C=O) groups is 3. The standard InChI is InChI=1S/C16H17ClN2O5/c17-10-1-3-11(4-2-10)19-6-5-12(15(19)21)14(20)18-7-8-24-13(9-18)16(22)23/h1-4,12-13H,5-9H2,(H,22,23)/t12-,13-/m1/s1. The molecule has 2 aliphatic heterocycles. The van der Waals surface area contributed by atoms with E-state index in [2.05, 4.69) is 0 Å². The topological polar surface area (TPSA) is 87.2 Å². The number of amides is 2. The van der Waals surface area contributed by atoms with Gasteiger partial charge in [0, 0.05) is 23.8 Å². The molecule has 2 heterocycles. The van der Waals surface area contributed by atoms with E-state index in [0.29, 0.717) is 30.2 Å². The van der Waals surface area contributed by atoms with Crippen LogP contribution in [-0.4, -0.2) is 60.1 Å². The fourth-order valence-electron chi connectivity index (χ4n) is 3.01. The molecule has 0 unspecified atom stereocenters. The lowest BCUT2D eigenvalue weighted by Gasteiger charge is -2.32. The summed E-state index contributed by atoms with van der Waals surface area (Å²) < 4.78 is 5.11. The van der Waals surface area contributed by atoms with Crippen molar-refractivity contribution in [1.29, 1.82) is 0 Å². The molecule has 1 aromatic rings. The van der Waals surface area contributed by atoms with Crippen LogP contribution in [0.15, 0.2) is 24.3 Å². The van der Waals surface area contributed by atoms with Gasteiger partial charge in [-0.2, -0.15) is 0 Å². The normalized spacial score (nSPS) is 24.3. The number of ether oxygens (including phenoxy) is 1. The Balaban J connectivity index is 1.69. The van der Waals surface area contributed by atoms with Crippen molar-refractivity contribution in [3.63, 3.8) is 0 Å². The molecule has 1 N–H and O–H groups in total. The monoisotopic (exact) mass is 352 g/mol. The number of halogens is 1. The zero-order valence-corrected chi connectivity index (χ0v) is 13.6. The smallest absolute Gasteiger partial charge is 0.334 e. The summed E-state index contributed by atoms with van der Waals surface area (Å²) in [6.07, 6.45) is -0.623. The average Bonchev–Trinajstić information content (AvgIpc) is 2.96. The minimum atomic E-state index is -1.10. The lowest BCUT2D eigenvalue weighted by atomic mass is 10.1. The summed E-state index contributed by atoms with van der Waals surface area (Å²) in [6, 6.07) is 6.86. The highest BCUT2D eigenvalue weighted by Crippen LogP contribution is 2.28. The molecule has 0 aromatic heterocycles. The molecule has 0 saturated carbocycles. The first kappa shape index (κ1) is 16.7. The number of hydrogen-bond acceptors (Lipinski definition) is 4. The molecule has 0 bridgehead atoms. The maximum atomic E-state index is 12.6. The van der Waals surface area contributed by atoms with Crippen LogP contribution in [0.5, 0.6) is 0 Å². The Labute approximate surface area is 143 Å². The fraction of sp³-hybridized carbons (Fsp3) is 0.438. The molecule has 8 heteroatoms. The third-order valence-corrected chi connectivity index (χ3v) is 4.55. The molecule has 0 spiro atoms. The predicted octanol–water partition coefficient (Wildman–Crippen LogP) is 1.00. The number of carbonyl (C=O) groups excluding carboxylic acids is 2. The summed E-state index contributed by atoms with van der Waals surface area (Å²) in [5, 5.41) is 9.59. The Hall–Kier alpha value is -2.12. The Kier molecular flexibility index (Phi) is 4.73. The highest BCUT2D eigenvalue weighted by Gasteiger charge is 2.41. The van der Waals surface area contributed by atoms with Crippen molar-refractivity contribution in [2.75, 3.05) is 31.1 Å². The second-order valence-electron chi connectivity index (χ2n) is 5.79. The van der Waals surface area contributed by atoms with Crippen molar-refractivity contribution in [3.8, 4) is 0 Å². The van der Waals surface area contributed by atoms with E-state index in [1.165, 1.54) is 4.90 Å². The summed E-state index contributed by atoms with van der Waals surface area (Å²) in [5.74, 6) is -2.46. The van der Waals surface area contributed by atoms with E-state index in [1.54, 1.807) is 29.2 Å². The predicted molar refractivity (Wildman–Crippen MR) is 85.9 cm³/mol. The van der Waals surface area contributed by atoms with Gasteiger partial charge in [-0.3, -0.25) is 9.59 Å². The van der Waals surface area contributed by atoms with Gasteiger partial charge in [-0.05, 0) is 30.7 Å². The van der Waals surface area contributed by atoms with Crippen LogP contribution in [0.3, 0.4) is 0 Å². The Morgan fingerprint density at radius 2 is 1.92 bits per heavy atom. The highest BCUT2D eigenvalue weighted by atomic mass is 35.5. The van der Waals surface area contributed by atoms with E-state index in [4.69, 9.17) is 21.4 Å². The Morgan fingerprint density at radius 3 is 2.58 bits per heavy atom. The number of anilines is 1. The first-order valence-corrected chi connectivity index (χ1v) is 8.05. The molecule has 0 radical (unpaired) electrons. The number of morpholine rings is 1. The van der Waals surface area contributed by atoms with Gasteiger partial charge >= 0.3 is 5.97 Å². The molecule has 2 aliphatic rings. The third-order valence-electron chi connectivity index (χ3n) is 4.30. The largest absolute Gasteiger partial charge is 0.479 e. The van der Waals surface area contributed by atoms with Crippen molar-refractivity contribution in [2.45, 2.75) is 12.5 Å². The van der Waals surface area contributed by atoms with Gasteiger partial charge < -0.3 is 19.6 Å². The van der Waals surface area contributed by atoms with Crippen molar-refractivity contribution >= 4 is 35.1 Å². The van der Waals surface area contributed by atoms with E-state index in [9.17, 15) is 14.4 Å². The summed E-state index contributed by atoms with van der Waals surface area (Å²) >= 11 is 5.85. The molecule has 1 aromatic carbocycles. The number of carboxylic acid groups (broad SMARTS) is 1. The molecular formula is C16H17ClN2O5. The lowest BCUT2D eigenvalue weighted by molar-refractivity contribution is -0.160. The Bertz CT molecular complexity index is 663. The van der Waals surface area contributed by atoms with Crippen molar-refractivity contribution in [1.82, 2.24) is 4.90 Å². The fourth-order valence-corrected chi connectivity index (χ4v) is 3.13. The van der Waals surface area contributed by atoms with Crippen molar-refractivity contribution < 1.29 is 24.2 Å². The van der Waals surface area contributed by atoms with E-state index < -0.39 is 18.0 Å². The van der Waals surface area contributed by atoms with Gasteiger partial charge in [0.15, 0.2) is 6.10 Å². The lowest BCUT2D eigenvalue weighted by Crippen LogP contribution is -2.51. The van der Waals surface area contributed by atoms with Crippen LogP contribution < -0.4 is 4.90 Å². The van der Waals surface area contributed by atoms with Crippen LogP contribution in [0.4, 0.5) is 5.69 Å². The molecule has 2 saturated heterocycles. The summed E-state index contributed by atoms with van der Waals surface area (Å²) in [5.41, 5.74) is 0.699. The second-order valence-corrected chi connectivity index (χ2v) is 6.23. The Morgan fingerprint density at radius 1 is 1.21 bits per heavy atom. The molecule has 7 nitrogen and oxygen atoms in total. The summed E-state index contributed by atoms with van der Waals surface area (Å²) in [6.45, 7) is 0.875. The van der Waals surface area contributed by atoms with E-state index in [0.717, 1.165) is 0 Å². The zero-order chi connectivity index (χ0) is 17.3. The van der Waals surface area contributed by atoms with Crippen LogP contribution in [0.25, 0.3) is 0 Å². The van der Waals surface area contributed by atoms with Gasteiger partial charge in [0.05, 0.1) is 13.2 Å². The first-order valence-electron chi connectivity index (χ1n) is 7.67. The number of carboxylic acids is 1. The number of benzene rings is 1. The minimum absolute atomic E-state index is 0.0289.